The Labute approximate surface area is 202 Å². The molecular weight excluding hydrogens is 481 g/mol. The Bertz CT molecular complexity index is 1030. The van der Waals surface area contributed by atoms with Crippen LogP contribution >= 0.6 is 46.9 Å². The van der Waals surface area contributed by atoms with Crippen LogP contribution in [0, 0.1) is 0 Å². The molecule has 10 heteroatoms. The third-order valence-electron chi connectivity index (χ3n) is 4.35. The lowest BCUT2D eigenvalue weighted by Crippen LogP contribution is -2.36. The van der Waals surface area contributed by atoms with E-state index in [1.54, 1.807) is 30.2 Å². The number of halogens is 3. The Morgan fingerprint density at radius 1 is 1.13 bits per heavy atom. The molecule has 31 heavy (non-hydrogen) atoms. The molecule has 0 bridgehead atoms. The van der Waals surface area contributed by atoms with Crippen molar-refractivity contribution in [3.63, 3.8) is 0 Å². The zero-order valence-electron chi connectivity index (χ0n) is 17.4. The highest BCUT2D eigenvalue weighted by Gasteiger charge is 2.21. The van der Waals surface area contributed by atoms with E-state index in [-0.39, 0.29) is 24.9 Å². The summed E-state index contributed by atoms with van der Waals surface area (Å²) >= 11 is 13.5. The standard InChI is InChI=1S/C21H23Cl2N3O3S.ClH/c1-25(2)9-4-10-26(20(27)13-29-18-8-5-14(22)11-16(18)23)21-24-17-7-6-15(28-3)12-19(17)30-21;/h5-8,11-12H,4,9-10,13H2,1-3H3;1H. The summed E-state index contributed by atoms with van der Waals surface area (Å²) in [5.74, 6) is 0.978. The quantitative estimate of drug-likeness (QED) is 0.391. The number of carbonyl (C=O) groups is 1. The third kappa shape index (κ3) is 6.85. The summed E-state index contributed by atoms with van der Waals surface area (Å²) in [7, 11) is 5.63. The lowest BCUT2D eigenvalue weighted by Gasteiger charge is -2.21. The van der Waals surface area contributed by atoms with E-state index < -0.39 is 0 Å². The molecule has 0 aliphatic heterocycles. The zero-order chi connectivity index (χ0) is 21.7. The molecule has 2 aromatic carbocycles. The number of nitrogens with zero attached hydrogens (tertiary/aromatic N) is 3. The number of aromatic nitrogens is 1. The van der Waals surface area contributed by atoms with Gasteiger partial charge in [-0.25, -0.2) is 4.98 Å². The first-order chi connectivity index (χ1) is 14.4. The highest BCUT2D eigenvalue weighted by Crippen LogP contribution is 2.32. The number of hydrogen-bond donors (Lipinski definition) is 0. The summed E-state index contributed by atoms with van der Waals surface area (Å²) in [5.41, 5.74) is 0.822. The van der Waals surface area contributed by atoms with E-state index in [0.717, 1.165) is 28.9 Å². The average molecular weight is 505 g/mol. The van der Waals surface area contributed by atoms with Gasteiger partial charge in [0.15, 0.2) is 11.7 Å². The summed E-state index contributed by atoms with van der Waals surface area (Å²) in [6, 6.07) is 10.6. The van der Waals surface area contributed by atoms with Crippen LogP contribution in [0.2, 0.25) is 10.0 Å². The van der Waals surface area contributed by atoms with Gasteiger partial charge in [0, 0.05) is 11.6 Å². The third-order valence-corrected chi connectivity index (χ3v) is 5.92. The van der Waals surface area contributed by atoms with Crippen LogP contribution < -0.4 is 14.4 Å². The van der Waals surface area contributed by atoms with E-state index in [2.05, 4.69) is 9.88 Å². The van der Waals surface area contributed by atoms with Crippen molar-refractivity contribution < 1.29 is 14.3 Å². The molecule has 0 atom stereocenters. The first-order valence-electron chi connectivity index (χ1n) is 9.35. The van der Waals surface area contributed by atoms with Crippen LogP contribution in [0.4, 0.5) is 5.13 Å². The van der Waals surface area contributed by atoms with Crippen LogP contribution in [0.1, 0.15) is 6.42 Å². The molecule has 1 aromatic heterocycles. The van der Waals surface area contributed by atoms with Crippen molar-refractivity contribution in [1.29, 1.82) is 0 Å². The van der Waals surface area contributed by atoms with Gasteiger partial charge >= 0.3 is 0 Å². The smallest absolute Gasteiger partial charge is 0.266 e. The number of amides is 1. The SMILES string of the molecule is COc1ccc2nc(N(CCCN(C)C)C(=O)COc3ccc(Cl)cc3Cl)sc2c1.Cl. The van der Waals surface area contributed by atoms with Gasteiger partial charge in [-0.05, 0) is 63.5 Å². The number of benzene rings is 2. The van der Waals surface area contributed by atoms with Crippen molar-refractivity contribution >= 4 is 68.2 Å². The molecule has 168 valence electrons. The molecular formula is C21H24Cl3N3O3S. The molecule has 3 rings (SSSR count). The van der Waals surface area contributed by atoms with Crippen molar-refractivity contribution in [3.05, 3.63) is 46.4 Å². The van der Waals surface area contributed by atoms with E-state index in [0.29, 0.717) is 27.5 Å². The van der Waals surface area contributed by atoms with Gasteiger partial charge in [0.1, 0.15) is 11.5 Å². The maximum Gasteiger partial charge on any atom is 0.266 e. The molecule has 0 N–H and O–H groups in total. The van der Waals surface area contributed by atoms with Crippen LogP contribution in [-0.2, 0) is 4.79 Å². The lowest BCUT2D eigenvalue weighted by molar-refractivity contribution is -0.120. The van der Waals surface area contributed by atoms with E-state index in [1.807, 2.05) is 32.3 Å². The van der Waals surface area contributed by atoms with E-state index in [9.17, 15) is 4.79 Å². The van der Waals surface area contributed by atoms with Crippen molar-refractivity contribution in [1.82, 2.24) is 9.88 Å². The Morgan fingerprint density at radius 3 is 2.58 bits per heavy atom. The minimum absolute atomic E-state index is 0. The lowest BCUT2D eigenvalue weighted by atomic mass is 10.3. The summed E-state index contributed by atoms with van der Waals surface area (Å²) in [6.45, 7) is 1.24. The second-order valence-electron chi connectivity index (χ2n) is 6.90. The zero-order valence-corrected chi connectivity index (χ0v) is 20.6. The van der Waals surface area contributed by atoms with Crippen molar-refractivity contribution in [2.45, 2.75) is 6.42 Å². The monoisotopic (exact) mass is 503 g/mol. The van der Waals surface area contributed by atoms with Crippen molar-refractivity contribution in [2.75, 3.05) is 45.8 Å². The molecule has 0 fully saturated rings. The van der Waals surface area contributed by atoms with Crippen LogP contribution in [0.25, 0.3) is 10.2 Å². The second kappa shape index (κ2) is 11.7. The van der Waals surface area contributed by atoms with E-state index in [1.165, 1.54) is 11.3 Å². The number of ether oxygens (including phenoxy) is 2. The second-order valence-corrected chi connectivity index (χ2v) is 8.75. The fraction of sp³-hybridized carbons (Fsp3) is 0.333. The van der Waals surface area contributed by atoms with Crippen molar-refractivity contribution in [3.8, 4) is 11.5 Å². The van der Waals surface area contributed by atoms with Crippen LogP contribution in [0.15, 0.2) is 36.4 Å². The molecule has 0 saturated carbocycles. The fourth-order valence-corrected chi connectivity index (χ4v) is 4.32. The maximum atomic E-state index is 13.0. The van der Waals surface area contributed by atoms with Crippen molar-refractivity contribution in [2.24, 2.45) is 0 Å². The number of carbonyl (C=O) groups excluding carboxylic acids is 1. The number of anilines is 1. The molecule has 1 amide bonds. The largest absolute Gasteiger partial charge is 0.497 e. The highest BCUT2D eigenvalue weighted by atomic mass is 35.5. The maximum absolute atomic E-state index is 13.0. The highest BCUT2D eigenvalue weighted by molar-refractivity contribution is 7.22. The molecule has 0 saturated heterocycles. The van der Waals surface area contributed by atoms with Gasteiger partial charge < -0.3 is 14.4 Å². The summed E-state index contributed by atoms with van der Waals surface area (Å²) in [5, 5.41) is 1.50. The number of fused-ring (bicyclic) bond motifs is 1. The first kappa shape index (κ1) is 25.5. The Balaban J connectivity index is 0.00000341. The minimum Gasteiger partial charge on any atom is -0.497 e. The number of rotatable bonds is 9. The van der Waals surface area contributed by atoms with Gasteiger partial charge in [-0.2, -0.15) is 0 Å². The van der Waals surface area contributed by atoms with Gasteiger partial charge in [0.2, 0.25) is 0 Å². The molecule has 0 radical (unpaired) electrons. The Hall–Kier alpha value is -1.77. The first-order valence-corrected chi connectivity index (χ1v) is 10.9. The predicted octanol–water partition coefficient (Wildman–Crippen LogP) is 5.40. The van der Waals surface area contributed by atoms with Crippen LogP contribution in [0.3, 0.4) is 0 Å². The van der Waals surface area contributed by atoms with E-state index in [4.69, 9.17) is 32.7 Å². The van der Waals surface area contributed by atoms with Gasteiger partial charge in [0.25, 0.3) is 5.91 Å². The number of hydrogen-bond acceptors (Lipinski definition) is 6. The molecule has 0 aliphatic carbocycles. The number of thiazole rings is 1. The Kier molecular flexibility index (Phi) is 9.65. The fourth-order valence-electron chi connectivity index (χ4n) is 2.82. The summed E-state index contributed by atoms with van der Waals surface area (Å²) in [6.07, 6.45) is 0.805. The molecule has 6 nitrogen and oxygen atoms in total. The topological polar surface area (TPSA) is 54.9 Å². The van der Waals surface area contributed by atoms with Gasteiger partial charge in [-0.15, -0.1) is 12.4 Å². The van der Waals surface area contributed by atoms with Crippen LogP contribution in [-0.4, -0.2) is 56.7 Å². The van der Waals surface area contributed by atoms with Gasteiger partial charge in [0.05, 0.1) is 22.3 Å². The normalized spacial score (nSPS) is 10.8. The molecule has 1 heterocycles. The minimum atomic E-state index is -0.189. The summed E-state index contributed by atoms with van der Waals surface area (Å²) in [4.78, 5) is 21.4. The molecule has 3 aromatic rings. The summed E-state index contributed by atoms with van der Waals surface area (Å²) < 4.78 is 11.9. The molecule has 0 unspecified atom stereocenters. The van der Waals surface area contributed by atoms with Gasteiger partial charge in [-0.1, -0.05) is 34.5 Å². The average Bonchev–Trinajstić information content (AvgIpc) is 3.12. The predicted molar refractivity (Wildman–Crippen MR) is 131 cm³/mol. The molecule has 0 spiro atoms. The molecule has 0 aliphatic rings. The van der Waals surface area contributed by atoms with Crippen LogP contribution in [0.5, 0.6) is 11.5 Å². The van der Waals surface area contributed by atoms with E-state index >= 15 is 0 Å². The van der Waals surface area contributed by atoms with Gasteiger partial charge in [-0.3, -0.25) is 9.69 Å². The Morgan fingerprint density at radius 2 is 1.90 bits per heavy atom. The number of methoxy groups -OCH3 is 1.